The molecule has 0 saturated carbocycles. The van der Waals surface area contributed by atoms with Crippen molar-refractivity contribution in [1.29, 1.82) is 0 Å². The van der Waals surface area contributed by atoms with Crippen molar-refractivity contribution >= 4 is 11.7 Å². The lowest BCUT2D eigenvalue weighted by atomic mass is 10.4. The van der Waals surface area contributed by atoms with E-state index in [1.807, 2.05) is 0 Å². The molecule has 1 aromatic rings. The lowest BCUT2D eigenvalue weighted by Gasteiger charge is -2.27. The Kier molecular flexibility index (Phi) is 2.95. The predicted octanol–water partition coefficient (Wildman–Crippen LogP) is -0.449. The van der Waals surface area contributed by atoms with Gasteiger partial charge in [-0.05, 0) is 0 Å². The molecule has 2 heterocycles. The van der Waals surface area contributed by atoms with Gasteiger partial charge in [-0.25, -0.2) is 14.4 Å². The largest absolute Gasteiger partial charge is 0.378 e. The first kappa shape index (κ1) is 10.7. The number of nitrogens with zero attached hydrogens (tertiary/aromatic N) is 3. The maximum Gasteiger partial charge on any atom is 0.286 e. The third kappa shape index (κ3) is 2.08. The van der Waals surface area contributed by atoms with Gasteiger partial charge in [-0.2, -0.15) is 0 Å². The fraction of sp³-hybridized carbons (Fsp3) is 0.444. The Morgan fingerprint density at radius 1 is 1.50 bits per heavy atom. The highest BCUT2D eigenvalue weighted by Crippen LogP contribution is 2.16. The van der Waals surface area contributed by atoms with Gasteiger partial charge in [-0.3, -0.25) is 4.79 Å². The standard InChI is InChI=1S/C9H11FN4O2/c10-6-5-12-8(7(11)15)13-9(6)14-1-3-16-4-2-14/h5H,1-4H2,(H2,11,15). The van der Waals surface area contributed by atoms with Crippen molar-refractivity contribution in [3.05, 3.63) is 17.8 Å². The van der Waals surface area contributed by atoms with E-state index in [0.29, 0.717) is 26.3 Å². The summed E-state index contributed by atoms with van der Waals surface area (Å²) in [4.78, 5) is 19.9. The Labute approximate surface area is 91.2 Å². The van der Waals surface area contributed by atoms with Crippen molar-refractivity contribution in [1.82, 2.24) is 9.97 Å². The van der Waals surface area contributed by atoms with Crippen LogP contribution in [0.15, 0.2) is 6.20 Å². The van der Waals surface area contributed by atoms with Crippen molar-refractivity contribution in [2.45, 2.75) is 0 Å². The summed E-state index contributed by atoms with van der Waals surface area (Å²) in [5, 5.41) is 0. The number of amides is 1. The molecule has 0 atom stereocenters. The zero-order valence-corrected chi connectivity index (χ0v) is 8.52. The van der Waals surface area contributed by atoms with Crippen molar-refractivity contribution < 1.29 is 13.9 Å². The van der Waals surface area contributed by atoms with E-state index in [4.69, 9.17) is 10.5 Å². The number of hydrogen-bond donors (Lipinski definition) is 1. The molecule has 1 aliphatic heterocycles. The fourth-order valence-corrected chi connectivity index (χ4v) is 1.47. The molecule has 2 rings (SSSR count). The molecule has 1 saturated heterocycles. The van der Waals surface area contributed by atoms with Crippen LogP contribution in [0.2, 0.25) is 0 Å². The highest BCUT2D eigenvalue weighted by Gasteiger charge is 2.18. The fourth-order valence-electron chi connectivity index (χ4n) is 1.47. The SMILES string of the molecule is NC(=O)c1ncc(F)c(N2CCOCC2)n1. The van der Waals surface area contributed by atoms with Crippen LogP contribution in [-0.4, -0.2) is 42.2 Å². The first-order chi connectivity index (χ1) is 7.68. The summed E-state index contributed by atoms with van der Waals surface area (Å²) in [7, 11) is 0. The Morgan fingerprint density at radius 2 is 2.19 bits per heavy atom. The summed E-state index contributed by atoms with van der Waals surface area (Å²) in [6, 6.07) is 0. The van der Waals surface area contributed by atoms with Crippen LogP contribution >= 0.6 is 0 Å². The minimum Gasteiger partial charge on any atom is -0.378 e. The number of rotatable bonds is 2. The number of primary amides is 1. The number of halogens is 1. The van der Waals surface area contributed by atoms with Crippen molar-refractivity contribution in [2.24, 2.45) is 5.73 Å². The minimum absolute atomic E-state index is 0.104. The maximum absolute atomic E-state index is 13.5. The Bertz CT molecular complexity index is 406. The number of carbonyl (C=O) groups is 1. The number of hydrogen-bond acceptors (Lipinski definition) is 5. The molecule has 0 aromatic carbocycles. The lowest BCUT2D eigenvalue weighted by molar-refractivity contribution is 0.0990. The summed E-state index contributed by atoms with van der Waals surface area (Å²) < 4.78 is 18.6. The van der Waals surface area contributed by atoms with E-state index in [1.54, 1.807) is 4.90 Å². The first-order valence-corrected chi connectivity index (χ1v) is 4.83. The molecule has 1 fully saturated rings. The van der Waals surface area contributed by atoms with Crippen LogP contribution in [0.4, 0.5) is 10.2 Å². The van der Waals surface area contributed by atoms with E-state index in [-0.39, 0.29) is 11.6 Å². The van der Waals surface area contributed by atoms with Crippen molar-refractivity contribution in [2.75, 3.05) is 31.2 Å². The molecule has 1 amide bonds. The minimum atomic E-state index is -0.769. The molecule has 2 N–H and O–H groups in total. The van der Waals surface area contributed by atoms with Gasteiger partial charge in [-0.15, -0.1) is 0 Å². The van der Waals surface area contributed by atoms with Gasteiger partial charge in [0.15, 0.2) is 11.6 Å². The second-order valence-corrected chi connectivity index (χ2v) is 3.33. The number of nitrogens with two attached hydrogens (primary N) is 1. The third-order valence-corrected chi connectivity index (χ3v) is 2.26. The quantitative estimate of drug-likeness (QED) is 0.738. The molecule has 0 spiro atoms. The molecular formula is C9H11FN4O2. The van der Waals surface area contributed by atoms with E-state index < -0.39 is 11.7 Å². The van der Waals surface area contributed by atoms with Crippen molar-refractivity contribution in [3.8, 4) is 0 Å². The lowest BCUT2D eigenvalue weighted by Crippen LogP contribution is -2.37. The average Bonchev–Trinajstić information content (AvgIpc) is 2.30. The van der Waals surface area contributed by atoms with Gasteiger partial charge in [0, 0.05) is 13.1 Å². The molecule has 7 heteroatoms. The molecule has 86 valence electrons. The van der Waals surface area contributed by atoms with Gasteiger partial charge in [0.25, 0.3) is 5.91 Å². The zero-order chi connectivity index (χ0) is 11.5. The molecule has 6 nitrogen and oxygen atoms in total. The average molecular weight is 226 g/mol. The number of aromatic nitrogens is 2. The van der Waals surface area contributed by atoms with E-state index in [9.17, 15) is 9.18 Å². The highest BCUT2D eigenvalue weighted by molar-refractivity contribution is 5.89. The summed E-state index contributed by atoms with van der Waals surface area (Å²) >= 11 is 0. The number of ether oxygens (including phenoxy) is 1. The van der Waals surface area contributed by atoms with Crippen LogP contribution in [0, 0.1) is 5.82 Å². The summed E-state index contributed by atoms with van der Waals surface area (Å²) in [5.74, 6) is -1.41. The van der Waals surface area contributed by atoms with Gasteiger partial charge in [0.1, 0.15) is 0 Å². The monoisotopic (exact) mass is 226 g/mol. The van der Waals surface area contributed by atoms with Gasteiger partial charge in [0.2, 0.25) is 5.82 Å². The Hall–Kier alpha value is -1.76. The normalized spacial score (nSPS) is 16.2. The van der Waals surface area contributed by atoms with Crippen LogP contribution in [0.3, 0.4) is 0 Å². The smallest absolute Gasteiger partial charge is 0.286 e. The van der Waals surface area contributed by atoms with Gasteiger partial charge < -0.3 is 15.4 Å². The second kappa shape index (κ2) is 4.40. The van der Waals surface area contributed by atoms with E-state index >= 15 is 0 Å². The van der Waals surface area contributed by atoms with Gasteiger partial charge in [-0.1, -0.05) is 0 Å². The van der Waals surface area contributed by atoms with Gasteiger partial charge in [0.05, 0.1) is 19.4 Å². The summed E-state index contributed by atoms with van der Waals surface area (Å²) in [6.45, 7) is 2.09. The number of morpholine rings is 1. The second-order valence-electron chi connectivity index (χ2n) is 3.33. The van der Waals surface area contributed by atoms with E-state index in [2.05, 4.69) is 9.97 Å². The molecule has 0 unspecified atom stereocenters. The molecule has 16 heavy (non-hydrogen) atoms. The van der Waals surface area contributed by atoms with E-state index in [1.165, 1.54) is 0 Å². The molecule has 0 aliphatic carbocycles. The van der Waals surface area contributed by atoms with E-state index in [0.717, 1.165) is 6.20 Å². The molecule has 1 aromatic heterocycles. The Balaban J connectivity index is 2.30. The molecule has 0 bridgehead atoms. The molecule has 0 radical (unpaired) electrons. The van der Waals surface area contributed by atoms with Gasteiger partial charge >= 0.3 is 0 Å². The Morgan fingerprint density at radius 3 is 2.81 bits per heavy atom. The topological polar surface area (TPSA) is 81.3 Å². The number of anilines is 1. The molecular weight excluding hydrogens is 215 g/mol. The number of carbonyl (C=O) groups excluding carboxylic acids is 1. The molecule has 1 aliphatic rings. The van der Waals surface area contributed by atoms with Crippen LogP contribution < -0.4 is 10.6 Å². The van der Waals surface area contributed by atoms with Crippen LogP contribution in [0.5, 0.6) is 0 Å². The summed E-state index contributed by atoms with van der Waals surface area (Å²) in [6.07, 6.45) is 0.956. The van der Waals surface area contributed by atoms with Crippen LogP contribution in [0.1, 0.15) is 10.6 Å². The summed E-state index contributed by atoms with van der Waals surface area (Å²) in [5.41, 5.74) is 5.03. The zero-order valence-electron chi connectivity index (χ0n) is 8.52. The van der Waals surface area contributed by atoms with Crippen LogP contribution in [0.25, 0.3) is 0 Å². The predicted molar refractivity (Wildman–Crippen MR) is 53.5 cm³/mol. The van der Waals surface area contributed by atoms with Crippen molar-refractivity contribution in [3.63, 3.8) is 0 Å². The third-order valence-electron chi connectivity index (χ3n) is 2.26. The first-order valence-electron chi connectivity index (χ1n) is 4.83. The van der Waals surface area contributed by atoms with Crippen LogP contribution in [-0.2, 0) is 4.74 Å². The highest BCUT2D eigenvalue weighted by atomic mass is 19.1. The maximum atomic E-state index is 13.5.